The zero-order valence-electron chi connectivity index (χ0n) is 18.8. The molecule has 0 saturated carbocycles. The summed E-state index contributed by atoms with van der Waals surface area (Å²) >= 11 is 0. The van der Waals surface area contributed by atoms with Crippen molar-refractivity contribution in [2.75, 3.05) is 12.4 Å². The molecule has 2 rings (SSSR count). The van der Waals surface area contributed by atoms with Gasteiger partial charge in [-0.15, -0.1) is 0 Å². The van der Waals surface area contributed by atoms with Crippen molar-refractivity contribution >= 4 is 23.5 Å². The minimum atomic E-state index is -3.15. The van der Waals surface area contributed by atoms with Crippen molar-refractivity contribution in [2.24, 2.45) is 5.73 Å². The number of hydrogen-bond donors (Lipinski definition) is 6. The van der Waals surface area contributed by atoms with E-state index in [0.717, 1.165) is 6.92 Å². The fourth-order valence-electron chi connectivity index (χ4n) is 2.65. The third kappa shape index (κ3) is 7.54. The summed E-state index contributed by atoms with van der Waals surface area (Å²) in [6.45, 7) is 0.883. The van der Waals surface area contributed by atoms with Crippen molar-refractivity contribution < 1.29 is 28.4 Å². The van der Waals surface area contributed by atoms with Gasteiger partial charge in [-0.3, -0.25) is 14.8 Å². The lowest BCUT2D eigenvalue weighted by Crippen LogP contribution is -2.66. The number of hydroxylamine groups is 1. The predicted octanol–water partition coefficient (Wildman–Crippen LogP) is 1.43. The molecule has 0 aliphatic rings. The molecule has 2 aromatic carbocycles. The summed E-state index contributed by atoms with van der Waals surface area (Å²) in [4.78, 5) is 35.5. The van der Waals surface area contributed by atoms with Crippen LogP contribution >= 0.6 is 0 Å². The number of carbonyl (C=O) groups excluding carboxylic acids is 3. The second-order valence-electron chi connectivity index (χ2n) is 7.41. The maximum atomic E-state index is 13.2. The Morgan fingerprint density at radius 2 is 1.49 bits per heavy atom. The lowest BCUT2D eigenvalue weighted by atomic mass is 9.92. The number of benzene rings is 2. The smallest absolute Gasteiger partial charge is 0.318 e. The van der Waals surface area contributed by atoms with Crippen molar-refractivity contribution in [3.63, 3.8) is 0 Å². The molecule has 2 atom stereocenters. The summed E-state index contributed by atoms with van der Waals surface area (Å²) in [6.07, 6.45) is -3.15. The maximum Gasteiger partial charge on any atom is 0.318 e. The first-order valence-electron chi connectivity index (χ1n) is 10.1. The number of rotatable bonds is 6. The van der Waals surface area contributed by atoms with Crippen LogP contribution in [0.5, 0.6) is 0 Å². The molecule has 0 spiro atoms. The highest BCUT2D eigenvalue weighted by atomic mass is 19.3. The number of halogens is 2. The van der Waals surface area contributed by atoms with Crippen LogP contribution in [0.1, 0.15) is 28.4 Å². The van der Waals surface area contributed by atoms with E-state index < -0.39 is 29.8 Å². The number of carbonyl (C=O) groups is 3. The Bertz CT molecular complexity index is 1190. The highest BCUT2D eigenvalue weighted by Crippen LogP contribution is 2.18. The lowest BCUT2D eigenvalue weighted by molar-refractivity contribution is -0.134. The van der Waals surface area contributed by atoms with Gasteiger partial charge >= 0.3 is 6.03 Å². The van der Waals surface area contributed by atoms with Gasteiger partial charge in [0.25, 0.3) is 18.2 Å². The summed E-state index contributed by atoms with van der Waals surface area (Å²) in [6, 6.07) is 10.4. The average Bonchev–Trinajstić information content (AvgIpc) is 2.85. The van der Waals surface area contributed by atoms with Gasteiger partial charge in [0.1, 0.15) is 11.6 Å². The van der Waals surface area contributed by atoms with E-state index in [9.17, 15) is 23.2 Å². The van der Waals surface area contributed by atoms with Crippen molar-refractivity contribution in [1.29, 1.82) is 0 Å². The predicted molar refractivity (Wildman–Crippen MR) is 124 cm³/mol. The SMILES string of the molecule is CNC(=O)Nc1ccc(C#CC#Cc2ccc(C(=O)N[C@H](C(=O)NO)C(C)(N)C(F)F)cc2)cc1. The first kappa shape index (κ1) is 26.8. The molecular weight excluding hydrogens is 460 g/mol. The van der Waals surface area contributed by atoms with E-state index in [4.69, 9.17) is 10.9 Å². The molecule has 0 fully saturated rings. The second-order valence-corrected chi connectivity index (χ2v) is 7.41. The third-order valence-electron chi connectivity index (χ3n) is 4.73. The van der Waals surface area contributed by atoms with Crippen LogP contribution < -0.4 is 27.2 Å². The second kappa shape index (κ2) is 12.1. The van der Waals surface area contributed by atoms with Gasteiger partial charge in [0.05, 0.1) is 0 Å². The van der Waals surface area contributed by atoms with E-state index in [1.54, 1.807) is 24.3 Å². The molecule has 7 N–H and O–H groups in total. The van der Waals surface area contributed by atoms with Crippen LogP contribution in [0.4, 0.5) is 19.3 Å². The van der Waals surface area contributed by atoms with Gasteiger partial charge in [-0.25, -0.2) is 19.1 Å². The van der Waals surface area contributed by atoms with E-state index in [1.165, 1.54) is 36.8 Å². The van der Waals surface area contributed by atoms with Crippen LogP contribution in [0, 0.1) is 23.7 Å². The number of nitrogens with two attached hydrogens (primary N) is 1. The van der Waals surface area contributed by atoms with Crippen LogP contribution in [0.2, 0.25) is 0 Å². The fourth-order valence-corrected chi connectivity index (χ4v) is 2.65. The molecule has 0 heterocycles. The molecular formula is C24H23F2N5O4. The molecule has 1 unspecified atom stereocenters. The highest BCUT2D eigenvalue weighted by molar-refractivity contribution is 5.98. The van der Waals surface area contributed by atoms with Crippen LogP contribution in [0.15, 0.2) is 48.5 Å². The summed E-state index contributed by atoms with van der Waals surface area (Å²) < 4.78 is 26.4. The van der Waals surface area contributed by atoms with Crippen LogP contribution in [0.25, 0.3) is 0 Å². The van der Waals surface area contributed by atoms with Crippen LogP contribution in [0.3, 0.4) is 0 Å². The fraction of sp³-hybridized carbons (Fsp3) is 0.208. The van der Waals surface area contributed by atoms with Gasteiger partial charge in [-0.2, -0.15) is 0 Å². The molecule has 0 radical (unpaired) electrons. The normalized spacial score (nSPS) is 12.5. The molecule has 0 bridgehead atoms. The van der Waals surface area contributed by atoms with Gasteiger partial charge in [-0.05, 0) is 67.3 Å². The summed E-state index contributed by atoms with van der Waals surface area (Å²) in [5.74, 6) is 8.89. The summed E-state index contributed by atoms with van der Waals surface area (Å²) in [7, 11) is 1.51. The topological polar surface area (TPSA) is 146 Å². The van der Waals surface area contributed by atoms with E-state index in [0.29, 0.717) is 16.8 Å². The molecule has 182 valence electrons. The number of hydrogen-bond acceptors (Lipinski definition) is 5. The largest absolute Gasteiger partial charge is 0.341 e. The maximum absolute atomic E-state index is 13.2. The van der Waals surface area contributed by atoms with E-state index in [1.807, 2.05) is 0 Å². The number of nitrogens with one attached hydrogen (secondary N) is 4. The molecule has 2 aromatic rings. The number of amides is 4. The standard InChI is InChI=1S/C24H23F2N5O4/c1-24(27,22(25)26)19(21(33)31-35)30-20(32)17-11-7-15(8-12-17)5-3-4-6-16-9-13-18(14-10-16)29-23(34)28-2/h7-14,19,22,35H,27H2,1-2H3,(H,30,32)(H,31,33)(H2,28,29,34)/t19-,24?/m1/s1. The zero-order chi connectivity index (χ0) is 26.0. The Hall–Kier alpha value is -4.45. The Morgan fingerprint density at radius 3 is 1.94 bits per heavy atom. The zero-order valence-corrected chi connectivity index (χ0v) is 18.8. The van der Waals surface area contributed by atoms with Gasteiger partial charge in [0, 0.05) is 29.4 Å². The van der Waals surface area contributed by atoms with Crippen LogP contribution in [-0.2, 0) is 4.79 Å². The van der Waals surface area contributed by atoms with Crippen molar-refractivity contribution in [3.05, 3.63) is 65.2 Å². The molecule has 0 aliphatic heterocycles. The first-order chi connectivity index (χ1) is 16.6. The molecule has 9 nitrogen and oxygen atoms in total. The molecule has 0 saturated heterocycles. The van der Waals surface area contributed by atoms with E-state index in [-0.39, 0.29) is 11.6 Å². The quantitative estimate of drug-likeness (QED) is 0.209. The first-order valence-corrected chi connectivity index (χ1v) is 10.1. The lowest BCUT2D eigenvalue weighted by Gasteiger charge is -2.32. The van der Waals surface area contributed by atoms with E-state index >= 15 is 0 Å². The minimum absolute atomic E-state index is 0.0629. The van der Waals surface area contributed by atoms with Gasteiger partial charge in [0.15, 0.2) is 0 Å². The van der Waals surface area contributed by atoms with Crippen LogP contribution in [-0.4, -0.2) is 48.1 Å². The van der Waals surface area contributed by atoms with Gasteiger partial charge in [0.2, 0.25) is 0 Å². The summed E-state index contributed by atoms with van der Waals surface area (Å²) in [5, 5.41) is 16.0. The highest BCUT2D eigenvalue weighted by Gasteiger charge is 2.44. The molecule has 4 amide bonds. The molecule has 0 aromatic heterocycles. The average molecular weight is 483 g/mol. The Kier molecular flexibility index (Phi) is 9.29. The third-order valence-corrected chi connectivity index (χ3v) is 4.73. The van der Waals surface area contributed by atoms with Gasteiger partial charge in [-0.1, -0.05) is 11.8 Å². The van der Waals surface area contributed by atoms with Crippen molar-refractivity contribution in [3.8, 4) is 23.7 Å². The number of urea groups is 1. The Balaban J connectivity index is 2.05. The Morgan fingerprint density at radius 1 is 0.971 bits per heavy atom. The minimum Gasteiger partial charge on any atom is -0.341 e. The van der Waals surface area contributed by atoms with Crippen molar-refractivity contribution in [2.45, 2.75) is 24.9 Å². The summed E-state index contributed by atoms with van der Waals surface area (Å²) in [5.41, 5.74) is 6.18. The molecule has 11 heteroatoms. The number of alkyl halides is 2. The molecule has 35 heavy (non-hydrogen) atoms. The Labute approximate surface area is 200 Å². The monoisotopic (exact) mass is 483 g/mol. The molecule has 0 aliphatic carbocycles. The van der Waals surface area contributed by atoms with Gasteiger partial charge < -0.3 is 21.7 Å². The number of anilines is 1. The van der Waals surface area contributed by atoms with Crippen molar-refractivity contribution in [1.82, 2.24) is 16.1 Å². The van der Waals surface area contributed by atoms with E-state index in [2.05, 4.69) is 39.6 Å².